The number of halogens is 3. The van der Waals surface area contributed by atoms with Gasteiger partial charge in [0.25, 0.3) is 5.91 Å². The molecule has 0 saturated carbocycles. The number of rotatable bonds is 1. The van der Waals surface area contributed by atoms with Crippen LogP contribution in [0.3, 0.4) is 0 Å². The Morgan fingerprint density at radius 2 is 1.80 bits per heavy atom. The monoisotopic (exact) mass is 219 g/mol. The molecule has 0 N–H and O–H groups in total. The van der Waals surface area contributed by atoms with E-state index in [0.29, 0.717) is 12.8 Å². The van der Waals surface area contributed by atoms with E-state index in [4.69, 9.17) is 0 Å². The predicted octanol–water partition coefficient (Wildman–Crippen LogP) is 2.28. The fourth-order valence-corrected chi connectivity index (χ4v) is 1.39. The van der Waals surface area contributed by atoms with Crippen molar-refractivity contribution >= 4 is 5.91 Å². The Hall–Kier alpha value is -1.26. The molecule has 0 aromatic carbocycles. The molecule has 5 heteroatoms. The highest BCUT2D eigenvalue weighted by atomic mass is 19.4. The van der Waals surface area contributed by atoms with Crippen molar-refractivity contribution in [3.8, 4) is 0 Å². The highest BCUT2D eigenvalue weighted by molar-refractivity contribution is 5.98. The zero-order valence-electron chi connectivity index (χ0n) is 8.56. The van der Waals surface area contributed by atoms with Gasteiger partial charge in [-0.1, -0.05) is 12.2 Å². The summed E-state index contributed by atoms with van der Waals surface area (Å²) in [5, 5.41) is 0. The lowest BCUT2D eigenvalue weighted by Gasteiger charge is -2.20. The molecular formula is C10H12F3NO. The van der Waals surface area contributed by atoms with Crippen molar-refractivity contribution in [3.05, 3.63) is 23.3 Å². The van der Waals surface area contributed by atoms with Crippen molar-refractivity contribution in [3.63, 3.8) is 0 Å². The van der Waals surface area contributed by atoms with Crippen LogP contribution in [0.1, 0.15) is 12.8 Å². The summed E-state index contributed by atoms with van der Waals surface area (Å²) in [5.74, 6) is -0.599. The van der Waals surface area contributed by atoms with Gasteiger partial charge in [0.2, 0.25) is 0 Å². The number of nitrogens with zero attached hydrogens (tertiary/aromatic N) is 1. The van der Waals surface area contributed by atoms with Gasteiger partial charge in [-0.15, -0.1) is 0 Å². The predicted molar refractivity (Wildman–Crippen MR) is 50.1 cm³/mol. The zero-order valence-corrected chi connectivity index (χ0v) is 8.56. The molecule has 0 aromatic heterocycles. The van der Waals surface area contributed by atoms with Crippen molar-refractivity contribution in [2.75, 3.05) is 14.1 Å². The molecule has 1 aliphatic rings. The molecule has 1 aliphatic carbocycles. The fourth-order valence-electron chi connectivity index (χ4n) is 1.39. The molecule has 15 heavy (non-hydrogen) atoms. The van der Waals surface area contributed by atoms with Crippen LogP contribution in [0.15, 0.2) is 23.3 Å². The third kappa shape index (κ3) is 2.61. The molecule has 0 spiro atoms. The quantitative estimate of drug-likeness (QED) is 0.662. The molecule has 0 aliphatic heterocycles. The number of likely N-dealkylation sites (N-methyl/N-ethyl adjacent to an activating group) is 1. The number of carbonyl (C=O) groups excluding carboxylic acids is 1. The van der Waals surface area contributed by atoms with Gasteiger partial charge in [-0.05, 0) is 12.8 Å². The third-order valence-corrected chi connectivity index (χ3v) is 2.10. The lowest BCUT2D eigenvalue weighted by molar-refractivity contribution is -0.126. The molecule has 0 saturated heterocycles. The molecule has 84 valence electrons. The molecule has 0 aromatic rings. The average Bonchev–Trinajstić information content (AvgIpc) is 2.15. The molecule has 0 fully saturated rings. The first-order valence-corrected chi connectivity index (χ1v) is 4.53. The average molecular weight is 219 g/mol. The Morgan fingerprint density at radius 1 is 1.27 bits per heavy atom. The minimum Gasteiger partial charge on any atom is -0.345 e. The SMILES string of the molecule is CN(C)C(=O)C1=CCCC=C1C(F)(F)F. The highest BCUT2D eigenvalue weighted by Gasteiger charge is 2.39. The van der Waals surface area contributed by atoms with Gasteiger partial charge < -0.3 is 4.90 Å². The van der Waals surface area contributed by atoms with E-state index in [9.17, 15) is 18.0 Å². The second-order valence-electron chi connectivity index (χ2n) is 3.51. The van der Waals surface area contributed by atoms with Crippen LogP contribution in [0.4, 0.5) is 13.2 Å². The molecule has 2 nitrogen and oxygen atoms in total. The van der Waals surface area contributed by atoms with Crippen LogP contribution in [0, 0.1) is 0 Å². The third-order valence-electron chi connectivity index (χ3n) is 2.10. The van der Waals surface area contributed by atoms with Gasteiger partial charge in [-0.3, -0.25) is 4.79 Å². The fraction of sp³-hybridized carbons (Fsp3) is 0.500. The smallest absolute Gasteiger partial charge is 0.345 e. The Morgan fingerprint density at radius 3 is 2.27 bits per heavy atom. The maximum absolute atomic E-state index is 12.5. The largest absolute Gasteiger partial charge is 0.416 e. The van der Waals surface area contributed by atoms with Crippen molar-refractivity contribution in [2.45, 2.75) is 19.0 Å². The van der Waals surface area contributed by atoms with Crippen LogP contribution < -0.4 is 0 Å². The minimum atomic E-state index is -4.45. The number of allylic oxidation sites excluding steroid dienone is 2. The van der Waals surface area contributed by atoms with Gasteiger partial charge >= 0.3 is 6.18 Å². The second kappa shape index (κ2) is 4.08. The Labute approximate surface area is 86.1 Å². The summed E-state index contributed by atoms with van der Waals surface area (Å²) in [4.78, 5) is 12.6. The number of carbonyl (C=O) groups is 1. The summed E-state index contributed by atoms with van der Waals surface area (Å²) in [7, 11) is 2.87. The Balaban J connectivity index is 3.02. The van der Waals surface area contributed by atoms with Gasteiger partial charge in [0.05, 0.1) is 5.57 Å². The van der Waals surface area contributed by atoms with Crippen molar-refractivity contribution < 1.29 is 18.0 Å². The summed E-state index contributed by atoms with van der Waals surface area (Å²) in [6.45, 7) is 0. The van der Waals surface area contributed by atoms with Crippen molar-refractivity contribution in [1.29, 1.82) is 0 Å². The molecule has 1 rings (SSSR count). The van der Waals surface area contributed by atoms with Gasteiger partial charge in [-0.25, -0.2) is 0 Å². The first kappa shape index (κ1) is 11.8. The number of hydrogen-bond acceptors (Lipinski definition) is 1. The summed E-state index contributed by atoms with van der Waals surface area (Å²) in [5.41, 5.74) is -1.05. The summed E-state index contributed by atoms with van der Waals surface area (Å²) < 4.78 is 37.6. The van der Waals surface area contributed by atoms with Crippen LogP contribution >= 0.6 is 0 Å². The van der Waals surface area contributed by atoms with Gasteiger partial charge in [0.15, 0.2) is 0 Å². The molecule has 0 radical (unpaired) electrons. The zero-order chi connectivity index (χ0) is 11.6. The second-order valence-corrected chi connectivity index (χ2v) is 3.51. The van der Waals surface area contributed by atoms with Crippen LogP contribution in [-0.2, 0) is 4.79 Å². The van der Waals surface area contributed by atoms with Gasteiger partial charge in [0, 0.05) is 19.7 Å². The van der Waals surface area contributed by atoms with Crippen molar-refractivity contribution in [2.24, 2.45) is 0 Å². The molecule has 0 atom stereocenters. The summed E-state index contributed by atoms with van der Waals surface area (Å²) in [6, 6.07) is 0. The maximum Gasteiger partial charge on any atom is 0.416 e. The molecular weight excluding hydrogens is 207 g/mol. The molecule has 0 heterocycles. The first-order valence-electron chi connectivity index (χ1n) is 4.53. The van der Waals surface area contributed by atoms with E-state index in [1.807, 2.05) is 0 Å². The molecule has 0 unspecified atom stereocenters. The van der Waals surface area contributed by atoms with E-state index in [1.54, 1.807) is 0 Å². The normalized spacial score (nSPS) is 16.9. The summed E-state index contributed by atoms with van der Waals surface area (Å²) in [6.07, 6.45) is -1.20. The standard InChI is InChI=1S/C10H12F3NO/c1-14(2)9(15)7-5-3-4-6-8(7)10(11,12)13/h5-6H,3-4H2,1-2H3. The van der Waals surface area contributed by atoms with Gasteiger partial charge in [-0.2, -0.15) is 13.2 Å². The topological polar surface area (TPSA) is 20.3 Å². The van der Waals surface area contributed by atoms with E-state index < -0.39 is 17.7 Å². The number of amides is 1. The van der Waals surface area contributed by atoms with Crippen LogP contribution in [0.5, 0.6) is 0 Å². The lowest BCUT2D eigenvalue weighted by Crippen LogP contribution is -2.29. The Kier molecular flexibility index (Phi) is 3.21. The van der Waals surface area contributed by atoms with Crippen LogP contribution in [-0.4, -0.2) is 31.1 Å². The number of hydrogen-bond donors (Lipinski definition) is 0. The van der Waals surface area contributed by atoms with E-state index in [2.05, 4.69) is 0 Å². The first-order chi connectivity index (χ1) is 6.84. The van der Waals surface area contributed by atoms with E-state index in [-0.39, 0.29) is 5.57 Å². The van der Waals surface area contributed by atoms with Crippen LogP contribution in [0.2, 0.25) is 0 Å². The van der Waals surface area contributed by atoms with E-state index in [0.717, 1.165) is 11.0 Å². The Bertz CT molecular complexity index is 326. The molecule has 0 bridgehead atoms. The van der Waals surface area contributed by atoms with Crippen molar-refractivity contribution in [1.82, 2.24) is 4.90 Å². The minimum absolute atomic E-state index is 0.237. The lowest BCUT2D eigenvalue weighted by atomic mass is 9.96. The molecule has 1 amide bonds. The van der Waals surface area contributed by atoms with E-state index >= 15 is 0 Å². The number of alkyl halides is 3. The van der Waals surface area contributed by atoms with Crippen LogP contribution in [0.25, 0.3) is 0 Å². The highest BCUT2D eigenvalue weighted by Crippen LogP contribution is 2.34. The maximum atomic E-state index is 12.5. The summed E-state index contributed by atoms with van der Waals surface area (Å²) >= 11 is 0. The van der Waals surface area contributed by atoms with E-state index in [1.165, 1.54) is 20.2 Å². The van der Waals surface area contributed by atoms with Gasteiger partial charge in [0.1, 0.15) is 0 Å².